The molecule has 0 rings (SSSR count). The monoisotopic (exact) mass is 879 g/mol. The van der Waals surface area contributed by atoms with Crippen molar-refractivity contribution in [2.24, 2.45) is 0 Å². The van der Waals surface area contributed by atoms with Crippen LogP contribution in [0, 0.1) is 0 Å². The summed E-state index contributed by atoms with van der Waals surface area (Å²) in [6, 6.07) is 0. The molecule has 0 saturated heterocycles. The van der Waals surface area contributed by atoms with Gasteiger partial charge in [0, 0.05) is 19.3 Å². The smallest absolute Gasteiger partial charge is 0.306 e. The van der Waals surface area contributed by atoms with Crippen molar-refractivity contribution in [1.29, 1.82) is 0 Å². The summed E-state index contributed by atoms with van der Waals surface area (Å²) in [5, 5.41) is 0. The van der Waals surface area contributed by atoms with Crippen LogP contribution in [0.15, 0.2) is 72.9 Å². The van der Waals surface area contributed by atoms with Crippen molar-refractivity contribution in [2.75, 3.05) is 13.2 Å². The molecule has 0 aliphatic carbocycles. The van der Waals surface area contributed by atoms with Crippen LogP contribution in [0.1, 0.15) is 252 Å². The van der Waals surface area contributed by atoms with Gasteiger partial charge in [-0.25, -0.2) is 0 Å². The largest absolute Gasteiger partial charge is 0.462 e. The third kappa shape index (κ3) is 49.7. The van der Waals surface area contributed by atoms with E-state index in [0.717, 1.165) is 116 Å². The first-order valence-corrected chi connectivity index (χ1v) is 26.5. The van der Waals surface area contributed by atoms with E-state index in [4.69, 9.17) is 14.2 Å². The summed E-state index contributed by atoms with van der Waals surface area (Å²) in [7, 11) is 0. The van der Waals surface area contributed by atoms with Crippen LogP contribution < -0.4 is 0 Å². The molecule has 0 aromatic carbocycles. The molecule has 362 valence electrons. The van der Waals surface area contributed by atoms with Gasteiger partial charge in [-0.15, -0.1) is 0 Å². The highest BCUT2D eigenvalue weighted by Crippen LogP contribution is 2.14. The first-order chi connectivity index (χ1) is 31.0. The van der Waals surface area contributed by atoms with E-state index in [1.165, 1.54) is 96.3 Å². The molecule has 0 aromatic heterocycles. The third-order valence-electron chi connectivity index (χ3n) is 11.2. The highest BCUT2D eigenvalue weighted by atomic mass is 16.6. The molecule has 0 aliphatic heterocycles. The van der Waals surface area contributed by atoms with Crippen LogP contribution in [0.25, 0.3) is 0 Å². The van der Waals surface area contributed by atoms with Gasteiger partial charge in [-0.2, -0.15) is 0 Å². The molecular formula is C57H98O6. The van der Waals surface area contributed by atoms with Gasteiger partial charge >= 0.3 is 17.9 Å². The van der Waals surface area contributed by atoms with Crippen LogP contribution in [0.4, 0.5) is 0 Å². The summed E-state index contributed by atoms with van der Waals surface area (Å²) in [5.41, 5.74) is 0. The second-order valence-electron chi connectivity index (χ2n) is 17.5. The number of hydrogen-bond donors (Lipinski definition) is 0. The molecule has 63 heavy (non-hydrogen) atoms. The van der Waals surface area contributed by atoms with Crippen LogP contribution in [0.2, 0.25) is 0 Å². The Balaban J connectivity index is 4.46. The lowest BCUT2D eigenvalue weighted by Crippen LogP contribution is -2.30. The zero-order chi connectivity index (χ0) is 45.8. The number of ether oxygens (including phenoxy) is 3. The summed E-state index contributed by atoms with van der Waals surface area (Å²) in [6.07, 6.45) is 64.5. The predicted molar refractivity (Wildman–Crippen MR) is 270 cm³/mol. The number of carbonyl (C=O) groups is 3. The Hall–Kier alpha value is -3.15. The molecule has 6 heteroatoms. The third-order valence-corrected chi connectivity index (χ3v) is 11.2. The first kappa shape index (κ1) is 59.9. The van der Waals surface area contributed by atoms with Crippen molar-refractivity contribution in [3.8, 4) is 0 Å². The Morgan fingerprint density at radius 1 is 0.333 bits per heavy atom. The molecule has 0 aromatic rings. The van der Waals surface area contributed by atoms with Crippen LogP contribution in [-0.4, -0.2) is 37.2 Å². The number of esters is 3. The number of hydrogen-bond acceptors (Lipinski definition) is 6. The van der Waals surface area contributed by atoms with Gasteiger partial charge in [0.25, 0.3) is 0 Å². The van der Waals surface area contributed by atoms with Gasteiger partial charge in [-0.3, -0.25) is 14.4 Å². The summed E-state index contributed by atoms with van der Waals surface area (Å²) in [5.74, 6) is -0.932. The lowest BCUT2D eigenvalue weighted by Gasteiger charge is -2.18. The Labute approximate surface area is 389 Å². The highest BCUT2D eigenvalue weighted by molar-refractivity contribution is 5.71. The average Bonchev–Trinajstić information content (AvgIpc) is 3.28. The number of rotatable bonds is 47. The average molecular weight is 879 g/mol. The van der Waals surface area contributed by atoms with E-state index in [2.05, 4.69) is 93.7 Å². The molecular weight excluding hydrogens is 781 g/mol. The summed E-state index contributed by atoms with van der Waals surface area (Å²) >= 11 is 0. The predicted octanol–water partition coefficient (Wildman–Crippen LogP) is 17.4. The van der Waals surface area contributed by atoms with Gasteiger partial charge in [0.2, 0.25) is 0 Å². The molecule has 0 amide bonds. The van der Waals surface area contributed by atoms with Crippen molar-refractivity contribution < 1.29 is 28.6 Å². The first-order valence-electron chi connectivity index (χ1n) is 26.5. The van der Waals surface area contributed by atoms with E-state index < -0.39 is 6.10 Å². The fourth-order valence-electron chi connectivity index (χ4n) is 7.16. The highest BCUT2D eigenvalue weighted by Gasteiger charge is 2.19. The molecule has 0 saturated carbocycles. The maximum Gasteiger partial charge on any atom is 0.306 e. The summed E-state index contributed by atoms with van der Waals surface area (Å²) < 4.78 is 16.8. The van der Waals surface area contributed by atoms with Gasteiger partial charge in [-0.05, 0) is 96.3 Å². The van der Waals surface area contributed by atoms with Crippen molar-refractivity contribution in [3.05, 3.63) is 72.9 Å². The number of unbranched alkanes of at least 4 members (excludes halogenated alkanes) is 26. The van der Waals surface area contributed by atoms with Crippen molar-refractivity contribution in [3.63, 3.8) is 0 Å². The Morgan fingerprint density at radius 2 is 0.651 bits per heavy atom. The van der Waals surface area contributed by atoms with Gasteiger partial charge < -0.3 is 14.2 Å². The quantitative estimate of drug-likeness (QED) is 0.0199. The zero-order valence-electron chi connectivity index (χ0n) is 41.3. The lowest BCUT2D eigenvalue weighted by atomic mass is 10.1. The minimum Gasteiger partial charge on any atom is -0.462 e. The lowest BCUT2D eigenvalue weighted by molar-refractivity contribution is -0.167. The van der Waals surface area contributed by atoms with E-state index in [0.29, 0.717) is 19.3 Å². The Kier molecular flexibility index (Phi) is 48.9. The van der Waals surface area contributed by atoms with E-state index in [1.54, 1.807) is 0 Å². The molecule has 0 fully saturated rings. The molecule has 0 N–H and O–H groups in total. The molecule has 1 atom stereocenters. The van der Waals surface area contributed by atoms with Gasteiger partial charge in [0.15, 0.2) is 6.10 Å². The molecule has 0 heterocycles. The minimum atomic E-state index is -0.794. The van der Waals surface area contributed by atoms with Crippen molar-refractivity contribution in [2.45, 2.75) is 258 Å². The summed E-state index contributed by atoms with van der Waals surface area (Å²) in [4.78, 5) is 38.0. The molecule has 0 aliphatic rings. The SMILES string of the molecule is CCCC\C=C/C=C/C=C\CCCCCCCC(=O)OCC(COC(=O)CCCCCCC/C=C\CCCCCCCC)OC(=O)CCCCCCC/C=C\C/C=C\CCCCC. The molecule has 0 radical (unpaired) electrons. The second kappa shape index (κ2) is 51.5. The molecule has 0 bridgehead atoms. The van der Waals surface area contributed by atoms with Crippen LogP contribution in [0.3, 0.4) is 0 Å². The number of allylic oxidation sites excluding steroid dienone is 12. The van der Waals surface area contributed by atoms with E-state index in [1.807, 2.05) is 0 Å². The van der Waals surface area contributed by atoms with Crippen LogP contribution >= 0.6 is 0 Å². The Morgan fingerprint density at radius 3 is 1.10 bits per heavy atom. The maximum absolute atomic E-state index is 12.8. The summed E-state index contributed by atoms with van der Waals surface area (Å²) in [6.45, 7) is 6.52. The molecule has 6 nitrogen and oxygen atoms in total. The number of carbonyl (C=O) groups excluding carboxylic acids is 3. The normalized spacial score (nSPS) is 12.6. The zero-order valence-corrected chi connectivity index (χ0v) is 41.3. The van der Waals surface area contributed by atoms with E-state index in [9.17, 15) is 14.4 Å². The maximum atomic E-state index is 12.8. The van der Waals surface area contributed by atoms with E-state index >= 15 is 0 Å². The topological polar surface area (TPSA) is 78.9 Å². The fourth-order valence-corrected chi connectivity index (χ4v) is 7.16. The van der Waals surface area contributed by atoms with Gasteiger partial charge in [0.1, 0.15) is 13.2 Å². The van der Waals surface area contributed by atoms with Gasteiger partial charge in [0.05, 0.1) is 0 Å². The minimum absolute atomic E-state index is 0.0923. The molecule has 1 unspecified atom stereocenters. The van der Waals surface area contributed by atoms with Crippen molar-refractivity contribution in [1.82, 2.24) is 0 Å². The van der Waals surface area contributed by atoms with Gasteiger partial charge in [-0.1, -0.05) is 209 Å². The van der Waals surface area contributed by atoms with Crippen LogP contribution in [0.5, 0.6) is 0 Å². The second-order valence-corrected chi connectivity index (χ2v) is 17.5. The van der Waals surface area contributed by atoms with Crippen molar-refractivity contribution >= 4 is 17.9 Å². The van der Waals surface area contributed by atoms with E-state index in [-0.39, 0.29) is 31.1 Å². The molecule has 0 spiro atoms. The van der Waals surface area contributed by atoms with Crippen LogP contribution in [-0.2, 0) is 28.6 Å². The fraction of sp³-hybridized carbons (Fsp3) is 0.737. The standard InChI is InChI=1S/C57H98O6/c1-4-7-10-13-16-19-22-25-28-31-34-37-40-43-46-49-55(58)61-52-54(63-57(60)51-48-45-42-39-36-33-30-27-24-21-18-15-12-9-6-3)53-62-56(59)50-47-44-41-38-35-32-29-26-23-20-17-14-11-8-5-2/h13,16,18-19,21-22,25-30,54H,4-12,14-15,17,20,23-24,31-53H2,1-3H3/b16-13-,21-18-,22-19+,28-25-,29-26-,30-27-. The Bertz CT molecular complexity index is 1190.